The Labute approximate surface area is 83.7 Å². The predicted molar refractivity (Wildman–Crippen MR) is 59.7 cm³/mol. The van der Waals surface area contributed by atoms with Crippen molar-refractivity contribution in [3.8, 4) is 11.8 Å². The molecule has 0 heterocycles. The molecule has 0 aliphatic rings. The first-order chi connectivity index (χ1) is 6.43. The summed E-state index contributed by atoms with van der Waals surface area (Å²) < 4.78 is 0. The molecule has 0 radical (unpaired) electrons. The topological polar surface area (TPSA) is 26.0 Å². The lowest BCUT2D eigenvalue weighted by Crippen LogP contribution is -2.01. The molecule has 0 spiro atoms. The first-order valence-electron chi connectivity index (χ1n) is 4.25. The van der Waals surface area contributed by atoms with Crippen molar-refractivity contribution < 1.29 is 0 Å². The maximum atomic E-state index is 5.35. The second kappa shape index (κ2) is 6.59. The Morgan fingerprint density at radius 3 is 2.69 bits per heavy atom. The van der Waals surface area contributed by atoms with Crippen LogP contribution in [0.2, 0.25) is 0 Å². The van der Waals surface area contributed by atoms with Gasteiger partial charge in [0.15, 0.2) is 0 Å². The molecular weight excluding hydrogens is 178 g/mol. The van der Waals surface area contributed by atoms with Crippen LogP contribution in [-0.2, 0) is 0 Å². The summed E-state index contributed by atoms with van der Waals surface area (Å²) >= 11 is 1.77. The third kappa shape index (κ3) is 4.62. The van der Waals surface area contributed by atoms with Crippen LogP contribution in [0.25, 0.3) is 0 Å². The molecule has 0 amide bonds. The van der Waals surface area contributed by atoms with E-state index in [1.807, 2.05) is 30.3 Å². The molecule has 68 valence electrons. The Morgan fingerprint density at radius 2 is 2.00 bits per heavy atom. The fourth-order valence-electron chi connectivity index (χ4n) is 0.866. The van der Waals surface area contributed by atoms with E-state index < -0.39 is 0 Å². The molecule has 0 bridgehead atoms. The fraction of sp³-hybridized carbons (Fsp3) is 0.273. The van der Waals surface area contributed by atoms with Gasteiger partial charge in [0.05, 0.1) is 5.75 Å². The first kappa shape index (κ1) is 10.2. The van der Waals surface area contributed by atoms with Gasteiger partial charge in [-0.05, 0) is 12.1 Å². The molecular formula is C11H13NS. The van der Waals surface area contributed by atoms with Crippen LogP contribution < -0.4 is 5.73 Å². The monoisotopic (exact) mass is 191 g/mol. The van der Waals surface area contributed by atoms with Crippen LogP contribution in [-0.4, -0.2) is 18.1 Å². The number of benzene rings is 1. The summed E-state index contributed by atoms with van der Waals surface area (Å²) in [6, 6.07) is 10.0. The normalized spacial score (nSPS) is 9.00. The minimum atomic E-state index is 0.734. The highest BCUT2D eigenvalue weighted by Gasteiger charge is 1.82. The number of hydrogen-bond acceptors (Lipinski definition) is 2. The van der Waals surface area contributed by atoms with Crippen molar-refractivity contribution in [1.29, 1.82) is 0 Å². The zero-order valence-electron chi connectivity index (χ0n) is 7.49. The standard InChI is InChI=1S/C11H13NS/c12-8-10-13-9-4-7-11-5-2-1-3-6-11/h1-3,5-6H,8-10,12H2. The molecule has 1 aromatic carbocycles. The summed E-state index contributed by atoms with van der Waals surface area (Å²) in [7, 11) is 0. The van der Waals surface area contributed by atoms with E-state index in [2.05, 4.69) is 11.8 Å². The minimum absolute atomic E-state index is 0.734. The van der Waals surface area contributed by atoms with Gasteiger partial charge in [0.25, 0.3) is 0 Å². The largest absolute Gasteiger partial charge is 0.330 e. The van der Waals surface area contributed by atoms with Gasteiger partial charge in [0.2, 0.25) is 0 Å². The van der Waals surface area contributed by atoms with Gasteiger partial charge in [-0.1, -0.05) is 30.0 Å². The number of thioether (sulfide) groups is 1. The van der Waals surface area contributed by atoms with E-state index in [0.717, 1.165) is 23.6 Å². The van der Waals surface area contributed by atoms with E-state index in [1.54, 1.807) is 11.8 Å². The van der Waals surface area contributed by atoms with Gasteiger partial charge in [-0.3, -0.25) is 0 Å². The summed E-state index contributed by atoms with van der Waals surface area (Å²) in [5.41, 5.74) is 6.43. The molecule has 1 aromatic rings. The van der Waals surface area contributed by atoms with Gasteiger partial charge in [0, 0.05) is 17.9 Å². The van der Waals surface area contributed by atoms with Gasteiger partial charge in [-0.2, -0.15) is 0 Å². The van der Waals surface area contributed by atoms with Crippen LogP contribution in [0.1, 0.15) is 5.56 Å². The zero-order chi connectivity index (χ0) is 9.36. The zero-order valence-corrected chi connectivity index (χ0v) is 8.31. The summed E-state index contributed by atoms with van der Waals surface area (Å²) in [6.45, 7) is 0.734. The molecule has 2 heteroatoms. The quantitative estimate of drug-likeness (QED) is 0.581. The third-order valence-corrected chi connectivity index (χ3v) is 2.32. The molecule has 0 aromatic heterocycles. The van der Waals surface area contributed by atoms with E-state index in [1.165, 1.54) is 0 Å². The molecule has 1 rings (SSSR count). The second-order valence-electron chi connectivity index (χ2n) is 2.51. The Balaban J connectivity index is 2.31. The summed E-state index contributed by atoms with van der Waals surface area (Å²) in [5.74, 6) is 8.04. The molecule has 2 N–H and O–H groups in total. The van der Waals surface area contributed by atoms with Crippen LogP contribution in [0, 0.1) is 11.8 Å². The van der Waals surface area contributed by atoms with Crippen molar-refractivity contribution in [2.45, 2.75) is 0 Å². The average molecular weight is 191 g/mol. The van der Waals surface area contributed by atoms with E-state index in [-0.39, 0.29) is 0 Å². The SMILES string of the molecule is NCCSCC#Cc1ccccc1. The van der Waals surface area contributed by atoms with Crippen molar-refractivity contribution in [1.82, 2.24) is 0 Å². The van der Waals surface area contributed by atoms with Crippen molar-refractivity contribution in [3.05, 3.63) is 35.9 Å². The average Bonchev–Trinajstić information content (AvgIpc) is 2.19. The summed E-state index contributed by atoms with van der Waals surface area (Å²) in [5, 5.41) is 0. The maximum absolute atomic E-state index is 5.35. The van der Waals surface area contributed by atoms with Gasteiger partial charge >= 0.3 is 0 Å². The maximum Gasteiger partial charge on any atom is 0.0551 e. The molecule has 0 atom stereocenters. The van der Waals surface area contributed by atoms with E-state index >= 15 is 0 Å². The summed E-state index contributed by atoms with van der Waals surface area (Å²) in [6.07, 6.45) is 0. The van der Waals surface area contributed by atoms with Crippen LogP contribution in [0.3, 0.4) is 0 Å². The Morgan fingerprint density at radius 1 is 1.23 bits per heavy atom. The minimum Gasteiger partial charge on any atom is -0.330 e. The molecule has 0 aliphatic heterocycles. The Hall–Kier alpha value is -0.910. The molecule has 13 heavy (non-hydrogen) atoms. The van der Waals surface area contributed by atoms with Gasteiger partial charge in [-0.25, -0.2) is 0 Å². The first-order valence-corrected chi connectivity index (χ1v) is 5.40. The molecule has 0 saturated carbocycles. The van der Waals surface area contributed by atoms with Crippen molar-refractivity contribution in [3.63, 3.8) is 0 Å². The van der Waals surface area contributed by atoms with E-state index in [9.17, 15) is 0 Å². The van der Waals surface area contributed by atoms with Crippen molar-refractivity contribution >= 4 is 11.8 Å². The molecule has 0 saturated heterocycles. The lowest BCUT2D eigenvalue weighted by atomic mass is 10.2. The molecule has 0 fully saturated rings. The predicted octanol–water partition coefficient (Wildman–Crippen LogP) is 1.73. The second-order valence-corrected chi connectivity index (χ2v) is 3.61. The highest BCUT2D eigenvalue weighted by molar-refractivity contribution is 7.99. The summed E-state index contributed by atoms with van der Waals surface area (Å²) in [4.78, 5) is 0. The van der Waals surface area contributed by atoms with Crippen LogP contribution in [0.15, 0.2) is 30.3 Å². The fourth-order valence-corrected chi connectivity index (χ4v) is 1.35. The molecule has 0 aliphatic carbocycles. The molecule has 1 nitrogen and oxygen atoms in total. The van der Waals surface area contributed by atoms with E-state index in [0.29, 0.717) is 0 Å². The van der Waals surface area contributed by atoms with Crippen molar-refractivity contribution in [2.75, 3.05) is 18.1 Å². The van der Waals surface area contributed by atoms with Gasteiger partial charge in [-0.15, -0.1) is 11.8 Å². The lowest BCUT2D eigenvalue weighted by Gasteiger charge is -1.89. The van der Waals surface area contributed by atoms with E-state index in [4.69, 9.17) is 5.73 Å². The van der Waals surface area contributed by atoms with Gasteiger partial charge in [0.1, 0.15) is 0 Å². The molecule has 0 unspecified atom stereocenters. The van der Waals surface area contributed by atoms with Crippen molar-refractivity contribution in [2.24, 2.45) is 5.73 Å². The van der Waals surface area contributed by atoms with Crippen LogP contribution in [0.4, 0.5) is 0 Å². The number of nitrogens with two attached hydrogens (primary N) is 1. The lowest BCUT2D eigenvalue weighted by molar-refractivity contribution is 1.15. The van der Waals surface area contributed by atoms with Crippen LogP contribution >= 0.6 is 11.8 Å². The Bertz CT molecular complexity index is 284. The highest BCUT2D eigenvalue weighted by atomic mass is 32.2. The third-order valence-electron chi connectivity index (χ3n) is 1.44. The van der Waals surface area contributed by atoms with Gasteiger partial charge < -0.3 is 5.73 Å². The smallest absolute Gasteiger partial charge is 0.0551 e. The Kier molecular flexibility index (Phi) is 5.16. The number of hydrogen-bond donors (Lipinski definition) is 1. The number of rotatable bonds is 3. The van der Waals surface area contributed by atoms with Crippen LogP contribution in [0.5, 0.6) is 0 Å². The highest BCUT2D eigenvalue weighted by Crippen LogP contribution is 1.97.